The van der Waals surface area contributed by atoms with Gasteiger partial charge in [0.25, 0.3) is 0 Å². The van der Waals surface area contributed by atoms with E-state index in [1.165, 1.54) is 12.1 Å². The van der Waals surface area contributed by atoms with Gasteiger partial charge in [0.2, 0.25) is 10.0 Å². The lowest BCUT2D eigenvalue weighted by atomic mass is 10.0. The molecule has 2 N–H and O–H groups in total. The standard InChI is InChI=1S/C14H20ClNO4S2/c1-11-2-3-12(8-13(11)15)22(18,19)16-9-14(20-6-5-17)4-7-21-10-14/h2-3,8,16-17H,4-7,9-10H2,1H3. The van der Waals surface area contributed by atoms with Crippen LogP contribution in [0.25, 0.3) is 0 Å². The van der Waals surface area contributed by atoms with Gasteiger partial charge >= 0.3 is 0 Å². The third-order valence-corrected chi connectivity index (χ3v) is 6.63. The second-order valence-electron chi connectivity index (χ2n) is 5.29. The van der Waals surface area contributed by atoms with Crippen molar-refractivity contribution in [3.05, 3.63) is 28.8 Å². The summed E-state index contributed by atoms with van der Waals surface area (Å²) in [5.41, 5.74) is 0.283. The number of aryl methyl sites for hydroxylation is 1. The second-order valence-corrected chi connectivity index (χ2v) is 8.57. The van der Waals surface area contributed by atoms with Crippen LogP contribution in [0.4, 0.5) is 0 Å². The van der Waals surface area contributed by atoms with Gasteiger partial charge in [-0.3, -0.25) is 0 Å². The van der Waals surface area contributed by atoms with Crippen LogP contribution in [0.1, 0.15) is 12.0 Å². The molecule has 0 amide bonds. The van der Waals surface area contributed by atoms with Gasteiger partial charge in [-0.05, 0) is 36.8 Å². The summed E-state index contributed by atoms with van der Waals surface area (Å²) in [5.74, 6) is 1.63. The van der Waals surface area contributed by atoms with Gasteiger partial charge in [-0.1, -0.05) is 17.7 Å². The van der Waals surface area contributed by atoms with E-state index in [9.17, 15) is 8.42 Å². The van der Waals surface area contributed by atoms with E-state index < -0.39 is 15.6 Å². The average Bonchev–Trinajstić information content (AvgIpc) is 2.95. The Morgan fingerprint density at radius 2 is 2.27 bits per heavy atom. The predicted molar refractivity (Wildman–Crippen MR) is 89.1 cm³/mol. The van der Waals surface area contributed by atoms with Crippen molar-refractivity contribution in [1.82, 2.24) is 4.72 Å². The van der Waals surface area contributed by atoms with E-state index in [0.717, 1.165) is 17.7 Å². The summed E-state index contributed by atoms with van der Waals surface area (Å²) in [6.07, 6.45) is 0.759. The van der Waals surface area contributed by atoms with E-state index in [4.69, 9.17) is 21.4 Å². The van der Waals surface area contributed by atoms with Crippen molar-refractivity contribution in [1.29, 1.82) is 0 Å². The number of thioether (sulfide) groups is 1. The van der Waals surface area contributed by atoms with E-state index in [1.807, 2.05) is 6.92 Å². The third kappa shape index (κ3) is 4.37. The Hall–Kier alpha value is -0.310. The molecule has 1 aliphatic rings. The molecule has 1 aromatic carbocycles. The zero-order valence-corrected chi connectivity index (χ0v) is 14.7. The van der Waals surface area contributed by atoms with Gasteiger partial charge in [-0.15, -0.1) is 0 Å². The number of hydrogen-bond acceptors (Lipinski definition) is 5. The largest absolute Gasteiger partial charge is 0.394 e. The quantitative estimate of drug-likeness (QED) is 0.770. The number of sulfonamides is 1. The van der Waals surface area contributed by atoms with E-state index in [1.54, 1.807) is 17.8 Å². The minimum atomic E-state index is -3.64. The fourth-order valence-corrected chi connectivity index (χ4v) is 4.95. The Bertz CT molecular complexity index is 615. The topological polar surface area (TPSA) is 75.6 Å². The number of benzene rings is 1. The zero-order chi connectivity index (χ0) is 16.2. The summed E-state index contributed by atoms with van der Waals surface area (Å²) in [7, 11) is -3.64. The maximum atomic E-state index is 12.4. The molecular formula is C14H20ClNO4S2. The first-order valence-corrected chi connectivity index (χ1v) is 9.99. The Morgan fingerprint density at radius 3 is 2.86 bits per heavy atom. The maximum Gasteiger partial charge on any atom is 0.240 e. The molecule has 1 aliphatic heterocycles. The third-order valence-electron chi connectivity index (χ3n) is 3.60. The number of ether oxygens (including phenoxy) is 1. The summed E-state index contributed by atoms with van der Waals surface area (Å²) in [6, 6.07) is 4.67. The molecule has 0 bridgehead atoms. The zero-order valence-electron chi connectivity index (χ0n) is 12.3. The summed E-state index contributed by atoms with van der Waals surface area (Å²) in [4.78, 5) is 0.144. The monoisotopic (exact) mass is 365 g/mol. The first-order chi connectivity index (χ1) is 10.4. The molecule has 0 aliphatic carbocycles. The lowest BCUT2D eigenvalue weighted by molar-refractivity contribution is -0.0358. The van der Waals surface area contributed by atoms with Gasteiger partial charge < -0.3 is 9.84 Å². The van der Waals surface area contributed by atoms with Crippen molar-refractivity contribution < 1.29 is 18.3 Å². The van der Waals surface area contributed by atoms with Gasteiger partial charge in [-0.2, -0.15) is 11.8 Å². The molecule has 0 saturated carbocycles. The smallest absolute Gasteiger partial charge is 0.240 e. The van der Waals surface area contributed by atoms with Crippen molar-refractivity contribution >= 4 is 33.4 Å². The molecule has 124 valence electrons. The summed E-state index contributed by atoms with van der Waals surface area (Å²) in [6.45, 7) is 2.14. The molecule has 1 saturated heterocycles. The molecule has 22 heavy (non-hydrogen) atoms. The van der Waals surface area contributed by atoms with E-state index >= 15 is 0 Å². The molecule has 0 radical (unpaired) electrons. The van der Waals surface area contributed by atoms with Gasteiger partial charge in [0.1, 0.15) is 0 Å². The molecule has 8 heteroatoms. The van der Waals surface area contributed by atoms with Crippen LogP contribution in [0.5, 0.6) is 0 Å². The van der Waals surface area contributed by atoms with Crippen LogP contribution in [0.2, 0.25) is 5.02 Å². The number of nitrogens with one attached hydrogen (secondary N) is 1. The number of rotatable bonds is 7. The summed E-state index contributed by atoms with van der Waals surface area (Å²) in [5, 5.41) is 9.34. The molecule has 1 unspecified atom stereocenters. The number of aliphatic hydroxyl groups is 1. The second kappa shape index (κ2) is 7.51. The minimum Gasteiger partial charge on any atom is -0.394 e. The lowest BCUT2D eigenvalue weighted by Crippen LogP contribution is -2.45. The molecule has 0 aromatic heterocycles. The van der Waals surface area contributed by atoms with Crippen molar-refractivity contribution in [3.8, 4) is 0 Å². The van der Waals surface area contributed by atoms with Crippen molar-refractivity contribution in [2.45, 2.75) is 23.8 Å². The van der Waals surface area contributed by atoms with Crippen LogP contribution >= 0.6 is 23.4 Å². The number of hydrogen-bond donors (Lipinski definition) is 2. The van der Waals surface area contributed by atoms with Crippen molar-refractivity contribution in [2.75, 3.05) is 31.3 Å². The highest BCUT2D eigenvalue weighted by atomic mass is 35.5. The molecule has 1 fully saturated rings. The molecular weight excluding hydrogens is 346 g/mol. The molecule has 5 nitrogen and oxygen atoms in total. The first-order valence-electron chi connectivity index (χ1n) is 6.97. The Kier molecular flexibility index (Phi) is 6.15. The van der Waals surface area contributed by atoms with Gasteiger partial charge in [-0.25, -0.2) is 13.1 Å². The SMILES string of the molecule is Cc1ccc(S(=O)(=O)NCC2(OCCO)CCSC2)cc1Cl. The molecule has 0 spiro atoms. The average molecular weight is 366 g/mol. The molecule has 1 atom stereocenters. The van der Waals surface area contributed by atoms with Crippen molar-refractivity contribution in [2.24, 2.45) is 0 Å². The van der Waals surface area contributed by atoms with E-state index in [2.05, 4.69) is 4.72 Å². The van der Waals surface area contributed by atoms with Crippen LogP contribution < -0.4 is 4.72 Å². The highest BCUT2D eigenvalue weighted by Gasteiger charge is 2.36. The Labute approximate surface area is 140 Å². The van der Waals surface area contributed by atoms with Crippen LogP contribution in [-0.2, 0) is 14.8 Å². The van der Waals surface area contributed by atoms with E-state index in [-0.39, 0.29) is 24.7 Å². The van der Waals surface area contributed by atoms with Crippen molar-refractivity contribution in [3.63, 3.8) is 0 Å². The first kappa shape index (κ1) is 18.0. The van der Waals surface area contributed by atoms with Gasteiger partial charge in [0.15, 0.2) is 0 Å². The minimum absolute atomic E-state index is 0.0767. The highest BCUT2D eigenvalue weighted by Crippen LogP contribution is 2.31. The maximum absolute atomic E-state index is 12.4. The normalized spacial score (nSPS) is 22.1. The highest BCUT2D eigenvalue weighted by molar-refractivity contribution is 7.99. The summed E-state index contributed by atoms with van der Waals surface area (Å²) < 4.78 is 33.1. The van der Waals surface area contributed by atoms with E-state index in [0.29, 0.717) is 10.8 Å². The summed E-state index contributed by atoms with van der Waals surface area (Å²) >= 11 is 7.71. The van der Waals surface area contributed by atoms with Gasteiger partial charge in [0.05, 0.1) is 23.7 Å². The lowest BCUT2D eigenvalue weighted by Gasteiger charge is -2.28. The fourth-order valence-electron chi connectivity index (χ4n) is 2.21. The predicted octanol–water partition coefficient (Wildman–Crippen LogP) is 1.81. The fraction of sp³-hybridized carbons (Fsp3) is 0.571. The molecule has 2 rings (SSSR count). The van der Waals surface area contributed by atoms with Crippen LogP contribution in [0.15, 0.2) is 23.1 Å². The molecule has 1 aromatic rings. The Balaban J connectivity index is 2.09. The Morgan fingerprint density at radius 1 is 1.50 bits per heavy atom. The van der Waals surface area contributed by atoms with Gasteiger partial charge in [0, 0.05) is 17.3 Å². The number of halogens is 1. The molecule has 1 heterocycles. The van der Waals surface area contributed by atoms with Crippen LogP contribution in [-0.4, -0.2) is 50.4 Å². The van der Waals surface area contributed by atoms with Crippen LogP contribution in [0, 0.1) is 6.92 Å². The number of aliphatic hydroxyl groups excluding tert-OH is 1. The van der Waals surface area contributed by atoms with Crippen LogP contribution in [0.3, 0.4) is 0 Å².